The normalized spacial score (nSPS) is 6.50. The molecule has 0 atom stereocenters. The maximum absolute atomic E-state index is 5.00. The van der Waals surface area contributed by atoms with Gasteiger partial charge in [-0.05, 0) is 51.8 Å². The molecule has 0 aliphatic carbocycles. The average Bonchev–Trinajstić information content (AvgIpc) is 0.811. The lowest BCUT2D eigenvalue weighted by molar-refractivity contribution is 2.58. The van der Waals surface area contributed by atoms with Gasteiger partial charge in [-0.25, -0.2) is 0 Å². The fourth-order valence-corrected chi connectivity index (χ4v) is 0. The van der Waals surface area contributed by atoms with Crippen molar-refractivity contribution in [1.82, 2.24) is 0 Å². The summed E-state index contributed by atoms with van der Waals surface area (Å²) in [6.45, 7) is 5.00. The van der Waals surface area contributed by atoms with Gasteiger partial charge in [0.25, 0.3) is 0 Å². The fraction of sp³-hybridized carbons (Fsp3) is 0. The third-order valence-electron chi connectivity index (χ3n) is 0. The molecule has 1 radical (unpaired) electrons. The molecule has 0 saturated heterocycles. The topological polar surface area (TPSA) is 0 Å². The van der Waals surface area contributed by atoms with Crippen LogP contribution in [0, 0.1) is 6.58 Å². The molecule has 0 aliphatic rings. The molecule has 4 heavy (non-hydrogen) atoms. The van der Waals surface area contributed by atoms with E-state index in [-0.39, 0.29) is 0 Å². The highest BCUT2D eigenvalue weighted by atomic mass is 127. The van der Waals surface area contributed by atoms with Crippen molar-refractivity contribution in [2.24, 2.45) is 0 Å². The lowest BCUT2D eigenvalue weighted by atomic mass is 11.3. The quantitative estimate of drug-likeness (QED) is 0.596. The van der Waals surface area contributed by atoms with E-state index in [1.165, 1.54) is 0 Å². The van der Waals surface area contributed by atoms with Crippen molar-refractivity contribution in [2.75, 3.05) is 0 Å². The summed E-state index contributed by atoms with van der Waals surface area (Å²) < 4.78 is 0.857. The molecule has 0 amide bonds. The molecule has 0 spiro atoms. The molecule has 0 nitrogen and oxygen atoms in total. The van der Waals surface area contributed by atoms with Crippen LogP contribution in [-0.2, 0) is 0 Å². The molecule has 0 fully saturated rings. The lowest BCUT2D eigenvalue weighted by Gasteiger charge is -1.57. The van der Waals surface area contributed by atoms with Crippen LogP contribution in [0.2, 0.25) is 0 Å². The van der Waals surface area contributed by atoms with Crippen LogP contribution in [0.1, 0.15) is 0 Å². The highest BCUT2D eigenvalue weighted by Crippen LogP contribution is 2.08. The molecule has 0 heterocycles. The standard InChI is InChI=1S/C2HI2/c1-2(3)4/h1H. The molecule has 0 aromatic rings. The van der Waals surface area contributed by atoms with Crippen LogP contribution in [0.3, 0.4) is 0 Å². The van der Waals surface area contributed by atoms with Gasteiger partial charge in [0.1, 0.15) is 0 Å². The Hall–Kier alpha value is 1.20. The van der Waals surface area contributed by atoms with Gasteiger partial charge in [0.15, 0.2) is 0 Å². The molecule has 0 unspecified atom stereocenters. The van der Waals surface area contributed by atoms with Crippen LogP contribution in [0.25, 0.3) is 0 Å². The van der Waals surface area contributed by atoms with Gasteiger partial charge in [-0.3, -0.25) is 0 Å². The summed E-state index contributed by atoms with van der Waals surface area (Å²) in [5.41, 5.74) is 0. The van der Waals surface area contributed by atoms with E-state index in [2.05, 4.69) is 0 Å². The van der Waals surface area contributed by atoms with Crippen molar-refractivity contribution in [3.8, 4) is 0 Å². The fourth-order valence-electron chi connectivity index (χ4n) is 0. The monoisotopic (exact) mass is 279 g/mol. The summed E-state index contributed by atoms with van der Waals surface area (Å²) in [6, 6.07) is 0. The third-order valence-corrected chi connectivity index (χ3v) is 0. The molecule has 0 bridgehead atoms. The summed E-state index contributed by atoms with van der Waals surface area (Å²) in [7, 11) is 0. The number of hydrogen-bond acceptors (Lipinski definition) is 0. The molecule has 0 saturated carbocycles. The predicted octanol–water partition coefficient (Wildman–Crippen LogP) is 2.13. The largest absolute Gasteiger partial charge is 0.0514 e. The first-order valence-corrected chi connectivity index (χ1v) is 2.82. The zero-order valence-corrected chi connectivity index (χ0v) is 6.15. The van der Waals surface area contributed by atoms with E-state index in [9.17, 15) is 0 Å². The smallest absolute Gasteiger partial charge is 0.0411 e. The number of hydrogen-bond donors (Lipinski definition) is 0. The van der Waals surface area contributed by atoms with Crippen LogP contribution in [0.15, 0.2) is 1.59 Å². The summed E-state index contributed by atoms with van der Waals surface area (Å²) in [4.78, 5) is 0. The molecule has 0 N–H and O–H groups in total. The Morgan fingerprint density at radius 2 is 1.50 bits per heavy atom. The van der Waals surface area contributed by atoms with Crippen molar-refractivity contribution in [2.45, 2.75) is 0 Å². The molecule has 0 rings (SSSR count). The minimum atomic E-state index is 0.857. The third kappa shape index (κ3) is 10.8. The Kier molecular flexibility index (Phi) is 3.17. The van der Waals surface area contributed by atoms with E-state index in [0.29, 0.717) is 0 Å². The first kappa shape index (κ1) is 5.20. The molecule has 23 valence electrons. The molecule has 2 heteroatoms. The SMILES string of the molecule is [CH]=C(I)I. The first-order chi connectivity index (χ1) is 1.73. The van der Waals surface area contributed by atoms with E-state index in [0.717, 1.165) is 1.59 Å². The van der Waals surface area contributed by atoms with Gasteiger partial charge in [0, 0.05) is 0 Å². The maximum Gasteiger partial charge on any atom is 0.0514 e. The van der Waals surface area contributed by atoms with E-state index >= 15 is 0 Å². The van der Waals surface area contributed by atoms with E-state index in [1.54, 1.807) is 0 Å². The zero-order chi connectivity index (χ0) is 3.58. The Morgan fingerprint density at radius 3 is 1.50 bits per heavy atom. The van der Waals surface area contributed by atoms with E-state index in [1.807, 2.05) is 45.2 Å². The van der Waals surface area contributed by atoms with Crippen LogP contribution in [0.5, 0.6) is 0 Å². The Labute approximate surface area is 52.9 Å². The van der Waals surface area contributed by atoms with Gasteiger partial charge in [-0.15, -0.1) is 0 Å². The van der Waals surface area contributed by atoms with Crippen LogP contribution in [0.4, 0.5) is 0 Å². The summed E-state index contributed by atoms with van der Waals surface area (Å²) in [5, 5.41) is 0. The number of halogens is 2. The van der Waals surface area contributed by atoms with Crippen molar-refractivity contribution >= 4 is 45.2 Å². The summed E-state index contributed by atoms with van der Waals surface area (Å²) in [6.07, 6.45) is 0. The molecule has 0 aromatic heterocycles. The molecular weight excluding hydrogens is 278 g/mol. The second kappa shape index (κ2) is 2.44. The number of rotatable bonds is 0. The molecule has 0 aromatic carbocycles. The van der Waals surface area contributed by atoms with Crippen LogP contribution in [-0.4, -0.2) is 0 Å². The average molecular weight is 279 g/mol. The van der Waals surface area contributed by atoms with Gasteiger partial charge in [-0.1, -0.05) is 0 Å². The molecule has 0 aliphatic heterocycles. The second-order valence-corrected chi connectivity index (χ2v) is 4.68. The van der Waals surface area contributed by atoms with Gasteiger partial charge < -0.3 is 0 Å². The minimum Gasteiger partial charge on any atom is -0.0411 e. The zero-order valence-electron chi connectivity index (χ0n) is 1.83. The minimum absolute atomic E-state index is 0.857. The first-order valence-electron chi connectivity index (χ1n) is 0.667. The highest BCUT2D eigenvalue weighted by molar-refractivity contribution is 14.2. The van der Waals surface area contributed by atoms with Gasteiger partial charge in [-0.2, -0.15) is 0 Å². The van der Waals surface area contributed by atoms with Crippen molar-refractivity contribution in [3.63, 3.8) is 0 Å². The van der Waals surface area contributed by atoms with Crippen molar-refractivity contribution < 1.29 is 0 Å². The van der Waals surface area contributed by atoms with Crippen LogP contribution < -0.4 is 0 Å². The Balaban J connectivity index is 2.80. The highest BCUT2D eigenvalue weighted by Gasteiger charge is 1.59. The summed E-state index contributed by atoms with van der Waals surface area (Å²) >= 11 is 4.05. The Bertz CT molecular complexity index is 27.0. The van der Waals surface area contributed by atoms with Crippen molar-refractivity contribution in [1.29, 1.82) is 0 Å². The molecular formula is C2HI2. The summed E-state index contributed by atoms with van der Waals surface area (Å²) in [5.74, 6) is 0. The second-order valence-electron chi connectivity index (χ2n) is 0.290. The van der Waals surface area contributed by atoms with Crippen LogP contribution >= 0.6 is 45.2 Å². The maximum atomic E-state index is 5.00. The Morgan fingerprint density at radius 1 is 1.50 bits per heavy atom. The van der Waals surface area contributed by atoms with E-state index in [4.69, 9.17) is 6.58 Å². The van der Waals surface area contributed by atoms with Gasteiger partial charge >= 0.3 is 0 Å². The van der Waals surface area contributed by atoms with Crippen molar-refractivity contribution in [3.05, 3.63) is 8.17 Å². The predicted molar refractivity (Wildman–Crippen MR) is 35.9 cm³/mol. The van der Waals surface area contributed by atoms with Gasteiger partial charge in [0.2, 0.25) is 0 Å². The van der Waals surface area contributed by atoms with Gasteiger partial charge in [0.05, 0.1) is 1.59 Å². The van der Waals surface area contributed by atoms with E-state index < -0.39 is 0 Å². The lowest BCUT2D eigenvalue weighted by Crippen LogP contribution is -1.20.